The highest BCUT2D eigenvalue weighted by Gasteiger charge is 2.27. The van der Waals surface area contributed by atoms with Crippen molar-refractivity contribution in [2.24, 2.45) is 0 Å². The standard InChI is InChI=1S/C11H16N2O2/c1-11(2,10(14)15-3)13-8-9-5-4-6-12-7-9/h4-7,13H,8H2,1-3H3. The molecule has 1 heterocycles. The molecule has 0 saturated carbocycles. The zero-order chi connectivity index (χ0) is 11.3. The highest BCUT2D eigenvalue weighted by atomic mass is 16.5. The average molecular weight is 208 g/mol. The maximum Gasteiger partial charge on any atom is 0.325 e. The van der Waals surface area contributed by atoms with Gasteiger partial charge in [-0.25, -0.2) is 0 Å². The molecule has 4 nitrogen and oxygen atoms in total. The fourth-order valence-corrected chi connectivity index (χ4v) is 1.15. The Morgan fingerprint density at radius 3 is 2.87 bits per heavy atom. The Bertz CT molecular complexity index is 323. The second-order valence-corrected chi connectivity index (χ2v) is 3.83. The molecule has 0 saturated heterocycles. The van der Waals surface area contributed by atoms with Crippen LogP contribution in [0.3, 0.4) is 0 Å². The van der Waals surface area contributed by atoms with E-state index in [-0.39, 0.29) is 5.97 Å². The van der Waals surface area contributed by atoms with Gasteiger partial charge in [0.05, 0.1) is 7.11 Å². The number of nitrogens with one attached hydrogen (secondary N) is 1. The molecule has 1 N–H and O–H groups in total. The molecule has 1 rings (SSSR count). The molecular weight excluding hydrogens is 192 g/mol. The zero-order valence-corrected chi connectivity index (χ0v) is 9.28. The first-order valence-electron chi connectivity index (χ1n) is 4.78. The van der Waals surface area contributed by atoms with Gasteiger partial charge in [0.2, 0.25) is 0 Å². The third-order valence-corrected chi connectivity index (χ3v) is 2.15. The topological polar surface area (TPSA) is 51.2 Å². The summed E-state index contributed by atoms with van der Waals surface area (Å²) < 4.78 is 4.69. The maximum atomic E-state index is 11.4. The highest BCUT2D eigenvalue weighted by molar-refractivity contribution is 5.79. The van der Waals surface area contributed by atoms with Gasteiger partial charge in [0, 0.05) is 18.9 Å². The lowest BCUT2D eigenvalue weighted by Crippen LogP contribution is -2.46. The van der Waals surface area contributed by atoms with E-state index in [0.717, 1.165) is 5.56 Å². The number of nitrogens with zero attached hydrogens (tertiary/aromatic N) is 1. The smallest absolute Gasteiger partial charge is 0.325 e. The van der Waals surface area contributed by atoms with E-state index in [9.17, 15) is 4.79 Å². The van der Waals surface area contributed by atoms with Crippen LogP contribution in [0.2, 0.25) is 0 Å². The third kappa shape index (κ3) is 3.32. The van der Waals surface area contributed by atoms with Gasteiger partial charge in [-0.05, 0) is 25.5 Å². The van der Waals surface area contributed by atoms with E-state index in [2.05, 4.69) is 15.0 Å². The molecule has 1 aromatic heterocycles. The zero-order valence-electron chi connectivity index (χ0n) is 9.28. The van der Waals surface area contributed by atoms with Gasteiger partial charge in [0.1, 0.15) is 5.54 Å². The van der Waals surface area contributed by atoms with Gasteiger partial charge in [-0.15, -0.1) is 0 Å². The lowest BCUT2D eigenvalue weighted by molar-refractivity contribution is -0.147. The average Bonchev–Trinajstić information content (AvgIpc) is 2.27. The number of carbonyl (C=O) groups excluding carboxylic acids is 1. The molecular formula is C11H16N2O2. The molecule has 0 aliphatic heterocycles. The first kappa shape index (κ1) is 11.7. The summed E-state index contributed by atoms with van der Waals surface area (Å²) in [5, 5.41) is 3.11. The van der Waals surface area contributed by atoms with Crippen LogP contribution in [0.1, 0.15) is 19.4 Å². The maximum absolute atomic E-state index is 11.4. The van der Waals surface area contributed by atoms with Gasteiger partial charge in [-0.1, -0.05) is 6.07 Å². The molecule has 0 aliphatic carbocycles. The van der Waals surface area contributed by atoms with Crippen molar-refractivity contribution in [2.75, 3.05) is 7.11 Å². The Labute approximate surface area is 89.7 Å². The molecule has 0 aliphatic rings. The second kappa shape index (κ2) is 4.89. The lowest BCUT2D eigenvalue weighted by atomic mass is 10.1. The van der Waals surface area contributed by atoms with Crippen LogP contribution in [0.5, 0.6) is 0 Å². The predicted octanol–water partition coefficient (Wildman–Crippen LogP) is 1.12. The highest BCUT2D eigenvalue weighted by Crippen LogP contribution is 2.06. The summed E-state index contributed by atoms with van der Waals surface area (Å²) in [5.41, 5.74) is 0.361. The summed E-state index contributed by atoms with van der Waals surface area (Å²) in [6, 6.07) is 3.81. The van der Waals surface area contributed by atoms with Crippen LogP contribution in [0.15, 0.2) is 24.5 Å². The molecule has 82 valence electrons. The fraction of sp³-hybridized carbons (Fsp3) is 0.455. The Balaban J connectivity index is 2.53. The van der Waals surface area contributed by atoms with Crippen molar-refractivity contribution < 1.29 is 9.53 Å². The fourth-order valence-electron chi connectivity index (χ4n) is 1.15. The molecule has 15 heavy (non-hydrogen) atoms. The Morgan fingerprint density at radius 1 is 1.60 bits per heavy atom. The molecule has 0 radical (unpaired) electrons. The monoisotopic (exact) mass is 208 g/mol. The Kier molecular flexibility index (Phi) is 3.80. The Morgan fingerprint density at radius 2 is 2.33 bits per heavy atom. The van der Waals surface area contributed by atoms with Crippen molar-refractivity contribution in [1.29, 1.82) is 0 Å². The minimum atomic E-state index is -0.676. The summed E-state index contributed by atoms with van der Waals surface area (Å²) in [7, 11) is 1.38. The second-order valence-electron chi connectivity index (χ2n) is 3.83. The molecule has 0 aromatic carbocycles. The molecule has 0 fully saturated rings. The number of carbonyl (C=O) groups is 1. The minimum absolute atomic E-state index is 0.272. The van der Waals surface area contributed by atoms with Gasteiger partial charge < -0.3 is 4.74 Å². The van der Waals surface area contributed by atoms with Crippen LogP contribution in [0.25, 0.3) is 0 Å². The van der Waals surface area contributed by atoms with E-state index in [1.54, 1.807) is 26.2 Å². The van der Waals surface area contributed by atoms with E-state index in [4.69, 9.17) is 0 Å². The van der Waals surface area contributed by atoms with Crippen molar-refractivity contribution in [1.82, 2.24) is 10.3 Å². The number of esters is 1. The first-order valence-corrected chi connectivity index (χ1v) is 4.78. The van der Waals surface area contributed by atoms with E-state index >= 15 is 0 Å². The quantitative estimate of drug-likeness (QED) is 0.753. The van der Waals surface area contributed by atoms with Crippen molar-refractivity contribution in [2.45, 2.75) is 25.9 Å². The van der Waals surface area contributed by atoms with Crippen LogP contribution >= 0.6 is 0 Å². The van der Waals surface area contributed by atoms with Crippen molar-refractivity contribution in [3.8, 4) is 0 Å². The molecule has 4 heteroatoms. The summed E-state index contributed by atoms with van der Waals surface area (Å²) in [6.07, 6.45) is 3.48. The van der Waals surface area contributed by atoms with Crippen molar-refractivity contribution in [3.05, 3.63) is 30.1 Å². The van der Waals surface area contributed by atoms with Crippen molar-refractivity contribution in [3.63, 3.8) is 0 Å². The van der Waals surface area contributed by atoms with Gasteiger partial charge in [0.15, 0.2) is 0 Å². The van der Waals surface area contributed by atoms with Crippen LogP contribution in [0, 0.1) is 0 Å². The molecule has 0 bridgehead atoms. The van der Waals surface area contributed by atoms with E-state index in [1.807, 2.05) is 12.1 Å². The van der Waals surface area contributed by atoms with Crippen LogP contribution < -0.4 is 5.32 Å². The van der Waals surface area contributed by atoms with E-state index in [0.29, 0.717) is 6.54 Å². The summed E-state index contributed by atoms with van der Waals surface area (Å²) in [4.78, 5) is 15.3. The molecule has 0 unspecified atom stereocenters. The molecule has 0 atom stereocenters. The summed E-state index contributed by atoms with van der Waals surface area (Å²) in [5.74, 6) is -0.272. The van der Waals surface area contributed by atoms with E-state index < -0.39 is 5.54 Å². The number of hydrogen-bond donors (Lipinski definition) is 1. The number of rotatable bonds is 4. The summed E-state index contributed by atoms with van der Waals surface area (Å²) >= 11 is 0. The van der Waals surface area contributed by atoms with Gasteiger partial charge in [-0.3, -0.25) is 15.1 Å². The normalized spacial score (nSPS) is 11.1. The van der Waals surface area contributed by atoms with Crippen LogP contribution in [-0.2, 0) is 16.1 Å². The number of ether oxygens (including phenoxy) is 1. The number of hydrogen-bond acceptors (Lipinski definition) is 4. The molecule has 0 amide bonds. The SMILES string of the molecule is COC(=O)C(C)(C)NCc1cccnc1. The minimum Gasteiger partial charge on any atom is -0.468 e. The van der Waals surface area contributed by atoms with Crippen LogP contribution in [0.4, 0.5) is 0 Å². The predicted molar refractivity (Wildman–Crippen MR) is 57.2 cm³/mol. The third-order valence-electron chi connectivity index (χ3n) is 2.15. The van der Waals surface area contributed by atoms with Crippen LogP contribution in [-0.4, -0.2) is 23.6 Å². The first-order chi connectivity index (χ1) is 7.06. The van der Waals surface area contributed by atoms with Gasteiger partial charge in [-0.2, -0.15) is 0 Å². The van der Waals surface area contributed by atoms with Crippen molar-refractivity contribution >= 4 is 5.97 Å². The number of aromatic nitrogens is 1. The van der Waals surface area contributed by atoms with Gasteiger partial charge >= 0.3 is 5.97 Å². The Hall–Kier alpha value is -1.42. The van der Waals surface area contributed by atoms with Gasteiger partial charge in [0.25, 0.3) is 0 Å². The van der Waals surface area contributed by atoms with E-state index in [1.165, 1.54) is 7.11 Å². The molecule has 0 spiro atoms. The summed E-state index contributed by atoms with van der Waals surface area (Å²) in [6.45, 7) is 4.17. The number of pyridine rings is 1. The molecule has 1 aromatic rings. The number of methoxy groups -OCH3 is 1. The lowest BCUT2D eigenvalue weighted by Gasteiger charge is -2.22. The largest absolute Gasteiger partial charge is 0.468 e.